The highest BCUT2D eigenvalue weighted by Gasteiger charge is 2.53. The summed E-state index contributed by atoms with van der Waals surface area (Å²) >= 11 is 11.5. The monoisotopic (exact) mass is 530 g/mol. The second kappa shape index (κ2) is 9.45. The molecule has 0 nitrogen and oxygen atoms in total. The van der Waals surface area contributed by atoms with Crippen molar-refractivity contribution in [3.8, 4) is 9.75 Å². The predicted molar refractivity (Wildman–Crippen MR) is 130 cm³/mol. The van der Waals surface area contributed by atoms with Crippen LogP contribution in [0.4, 0.5) is 0 Å². The van der Waals surface area contributed by atoms with Crippen molar-refractivity contribution < 1.29 is 0 Å². The minimum atomic E-state index is 0.198. The molecule has 2 unspecified atom stereocenters. The van der Waals surface area contributed by atoms with E-state index >= 15 is 0 Å². The molecule has 0 spiro atoms. The first-order valence-corrected chi connectivity index (χ1v) is 13.9. The zero-order valence-corrected chi connectivity index (χ0v) is 21.8. The SMILES string of the molecule is CCCCC(CC)C1(C(CC)CCCC)c2cc(Br)sc2-c2sc(Br)cc21. The van der Waals surface area contributed by atoms with Gasteiger partial charge < -0.3 is 0 Å². The number of unbranched alkanes of at least 4 members (excludes halogenated alkanes) is 2. The van der Waals surface area contributed by atoms with E-state index in [1.165, 1.54) is 68.7 Å². The molecular formula is C23H32Br2S2. The first-order valence-electron chi connectivity index (χ1n) is 10.6. The van der Waals surface area contributed by atoms with Crippen molar-refractivity contribution in [2.75, 3.05) is 0 Å². The topological polar surface area (TPSA) is 0 Å². The average Bonchev–Trinajstić information content (AvgIpc) is 3.28. The molecule has 0 N–H and O–H groups in total. The molecule has 0 amide bonds. The van der Waals surface area contributed by atoms with Gasteiger partial charge in [0.15, 0.2) is 0 Å². The second-order valence-corrected chi connectivity index (χ2v) is 12.8. The fourth-order valence-electron chi connectivity index (χ4n) is 5.44. The third-order valence-corrected chi connectivity index (χ3v) is 10.0. The van der Waals surface area contributed by atoms with Crippen molar-refractivity contribution in [3.05, 3.63) is 30.8 Å². The van der Waals surface area contributed by atoms with Crippen molar-refractivity contribution in [3.63, 3.8) is 0 Å². The van der Waals surface area contributed by atoms with Crippen molar-refractivity contribution >= 4 is 54.5 Å². The number of halogens is 2. The van der Waals surface area contributed by atoms with E-state index in [9.17, 15) is 0 Å². The minimum absolute atomic E-state index is 0.198. The third kappa shape index (κ3) is 3.78. The van der Waals surface area contributed by atoms with Crippen LogP contribution in [0, 0.1) is 11.8 Å². The highest BCUT2D eigenvalue weighted by Crippen LogP contribution is 2.64. The summed E-state index contributed by atoms with van der Waals surface area (Å²) in [6, 6.07) is 4.95. The number of rotatable bonds is 10. The Bertz CT molecular complexity index is 694. The molecule has 0 saturated heterocycles. The van der Waals surface area contributed by atoms with E-state index in [1.54, 1.807) is 11.1 Å². The molecular weight excluding hydrogens is 500 g/mol. The Labute approximate surface area is 190 Å². The molecule has 2 aromatic rings. The van der Waals surface area contributed by atoms with Gasteiger partial charge in [-0.3, -0.25) is 0 Å². The molecule has 4 heteroatoms. The Kier molecular flexibility index (Phi) is 7.72. The first-order chi connectivity index (χ1) is 13.0. The Morgan fingerprint density at radius 2 is 1.19 bits per heavy atom. The summed E-state index contributed by atoms with van der Waals surface area (Å²) in [4.78, 5) is 3.08. The maximum absolute atomic E-state index is 3.83. The van der Waals surface area contributed by atoms with Gasteiger partial charge in [0.2, 0.25) is 0 Å². The molecule has 1 aliphatic rings. The Hall–Kier alpha value is 0.360. The number of hydrogen-bond donors (Lipinski definition) is 0. The average molecular weight is 532 g/mol. The van der Waals surface area contributed by atoms with E-state index in [-0.39, 0.29) is 5.41 Å². The third-order valence-electron chi connectivity index (χ3n) is 6.59. The summed E-state index contributed by atoms with van der Waals surface area (Å²) < 4.78 is 2.59. The first kappa shape index (κ1) is 22.1. The van der Waals surface area contributed by atoms with Crippen LogP contribution in [0.3, 0.4) is 0 Å². The smallest absolute Gasteiger partial charge is 0.0708 e. The Balaban J connectivity index is 2.24. The molecule has 0 saturated carbocycles. The highest BCUT2D eigenvalue weighted by atomic mass is 79.9. The summed E-state index contributed by atoms with van der Waals surface area (Å²) in [5.41, 5.74) is 3.47. The van der Waals surface area contributed by atoms with Crippen molar-refractivity contribution in [1.82, 2.24) is 0 Å². The normalized spacial score (nSPS) is 17.0. The van der Waals surface area contributed by atoms with Crippen LogP contribution >= 0.6 is 54.5 Å². The molecule has 0 aliphatic heterocycles. The lowest BCUT2D eigenvalue weighted by Crippen LogP contribution is -2.41. The fourth-order valence-corrected chi connectivity index (χ4v) is 8.94. The predicted octanol–water partition coefficient (Wildman–Crippen LogP) is 10.0. The molecule has 150 valence electrons. The summed E-state index contributed by atoms with van der Waals surface area (Å²) in [6.07, 6.45) is 10.5. The zero-order valence-electron chi connectivity index (χ0n) is 17.0. The molecule has 0 aromatic carbocycles. The van der Waals surface area contributed by atoms with Gasteiger partial charge in [-0.15, -0.1) is 22.7 Å². The maximum Gasteiger partial charge on any atom is 0.0708 e. The van der Waals surface area contributed by atoms with Crippen molar-refractivity contribution in [2.45, 2.75) is 84.5 Å². The fraction of sp³-hybridized carbons (Fsp3) is 0.652. The molecule has 2 aromatic heterocycles. The van der Waals surface area contributed by atoms with Crippen LogP contribution in [-0.2, 0) is 5.41 Å². The molecule has 2 atom stereocenters. The van der Waals surface area contributed by atoms with Crippen LogP contribution in [0.1, 0.15) is 90.2 Å². The quantitative estimate of drug-likeness (QED) is 0.286. The van der Waals surface area contributed by atoms with Gasteiger partial charge in [0.1, 0.15) is 0 Å². The number of thiophene rings is 2. The minimum Gasteiger partial charge on any atom is -0.127 e. The van der Waals surface area contributed by atoms with Crippen LogP contribution in [0.2, 0.25) is 0 Å². The summed E-state index contributed by atoms with van der Waals surface area (Å²) in [5, 5.41) is 0. The highest BCUT2D eigenvalue weighted by molar-refractivity contribution is 9.11. The van der Waals surface area contributed by atoms with Crippen LogP contribution < -0.4 is 0 Å². The zero-order chi connectivity index (χ0) is 19.6. The van der Waals surface area contributed by atoms with Gasteiger partial charge >= 0.3 is 0 Å². The van der Waals surface area contributed by atoms with Gasteiger partial charge in [-0.1, -0.05) is 66.2 Å². The largest absolute Gasteiger partial charge is 0.127 e. The molecule has 0 bridgehead atoms. The standard InChI is InChI=1S/C23H32Br2S2/c1-5-9-11-15(7-3)23(16(8-4)12-10-6-2)17-13-19(24)26-21(17)22-18(23)14-20(25)27-22/h13-16H,5-12H2,1-4H3. The van der Waals surface area contributed by atoms with E-state index in [0.717, 1.165) is 11.8 Å². The second-order valence-electron chi connectivity index (χ2n) is 7.95. The Morgan fingerprint density at radius 3 is 1.52 bits per heavy atom. The summed E-state index contributed by atoms with van der Waals surface area (Å²) in [6.45, 7) is 9.52. The molecule has 3 rings (SSSR count). The lowest BCUT2D eigenvalue weighted by Gasteiger charge is -2.45. The lowest BCUT2D eigenvalue weighted by molar-refractivity contribution is 0.180. The van der Waals surface area contributed by atoms with Crippen molar-refractivity contribution in [1.29, 1.82) is 0 Å². The molecule has 0 radical (unpaired) electrons. The van der Waals surface area contributed by atoms with Gasteiger partial charge in [-0.25, -0.2) is 0 Å². The summed E-state index contributed by atoms with van der Waals surface area (Å²) in [7, 11) is 0. The van der Waals surface area contributed by atoms with E-state index in [0.29, 0.717) is 0 Å². The van der Waals surface area contributed by atoms with E-state index in [4.69, 9.17) is 0 Å². The molecule has 2 heterocycles. The van der Waals surface area contributed by atoms with E-state index < -0.39 is 0 Å². The molecule has 1 aliphatic carbocycles. The molecule has 27 heavy (non-hydrogen) atoms. The number of hydrogen-bond acceptors (Lipinski definition) is 2. The van der Waals surface area contributed by atoms with E-state index in [1.807, 2.05) is 22.7 Å². The van der Waals surface area contributed by atoms with Crippen LogP contribution in [0.25, 0.3) is 9.75 Å². The maximum atomic E-state index is 3.83. The number of fused-ring (bicyclic) bond motifs is 3. The molecule has 0 fully saturated rings. The lowest BCUT2D eigenvalue weighted by atomic mass is 9.57. The van der Waals surface area contributed by atoms with Crippen LogP contribution in [-0.4, -0.2) is 0 Å². The van der Waals surface area contributed by atoms with Gasteiger partial charge in [0.25, 0.3) is 0 Å². The van der Waals surface area contributed by atoms with Crippen LogP contribution in [0.5, 0.6) is 0 Å². The van der Waals surface area contributed by atoms with Gasteiger partial charge in [0, 0.05) is 15.2 Å². The van der Waals surface area contributed by atoms with E-state index in [2.05, 4.69) is 71.7 Å². The summed E-state index contributed by atoms with van der Waals surface area (Å²) in [5.74, 6) is 1.45. The van der Waals surface area contributed by atoms with Gasteiger partial charge in [-0.2, -0.15) is 0 Å². The Morgan fingerprint density at radius 1 is 0.778 bits per heavy atom. The van der Waals surface area contributed by atoms with Gasteiger partial charge in [-0.05, 0) is 79.8 Å². The van der Waals surface area contributed by atoms with Crippen LogP contribution in [0.15, 0.2) is 19.7 Å². The van der Waals surface area contributed by atoms with Gasteiger partial charge in [0.05, 0.1) is 7.57 Å². The van der Waals surface area contributed by atoms with Crippen molar-refractivity contribution in [2.24, 2.45) is 11.8 Å².